The van der Waals surface area contributed by atoms with Gasteiger partial charge in [0.05, 0.1) is 17.4 Å². The van der Waals surface area contributed by atoms with Crippen LogP contribution in [0.25, 0.3) is 10.9 Å². The highest BCUT2D eigenvalue weighted by Gasteiger charge is 2.14. The van der Waals surface area contributed by atoms with E-state index in [1.54, 1.807) is 6.20 Å². The molecular weight excluding hydrogens is 254 g/mol. The van der Waals surface area contributed by atoms with Gasteiger partial charge in [0.1, 0.15) is 0 Å². The van der Waals surface area contributed by atoms with E-state index in [0.29, 0.717) is 13.0 Å². The van der Waals surface area contributed by atoms with Crippen LogP contribution in [-0.2, 0) is 4.79 Å². The number of nitrogens with zero attached hydrogens (tertiary/aromatic N) is 3. The molecular formula is C15H19N3O2. The van der Waals surface area contributed by atoms with Crippen LogP contribution < -0.4 is 4.90 Å². The quantitative estimate of drug-likeness (QED) is 0.876. The SMILES string of the molecule is CC(C)N(CCCC(=O)O)c1cnnc2ccccc12. The minimum atomic E-state index is -0.758. The third-order valence-electron chi connectivity index (χ3n) is 3.25. The van der Waals surface area contributed by atoms with Gasteiger partial charge in [0.2, 0.25) is 0 Å². The molecule has 0 aliphatic heterocycles. The van der Waals surface area contributed by atoms with E-state index in [-0.39, 0.29) is 12.5 Å². The Labute approximate surface area is 118 Å². The minimum Gasteiger partial charge on any atom is -0.481 e. The van der Waals surface area contributed by atoms with Gasteiger partial charge in [-0.25, -0.2) is 0 Å². The summed E-state index contributed by atoms with van der Waals surface area (Å²) in [6, 6.07) is 8.14. The zero-order valence-electron chi connectivity index (χ0n) is 11.8. The number of aliphatic carboxylic acids is 1. The van der Waals surface area contributed by atoms with Crippen LogP contribution >= 0.6 is 0 Å². The summed E-state index contributed by atoms with van der Waals surface area (Å²) in [4.78, 5) is 12.8. The Morgan fingerprint density at radius 1 is 1.35 bits per heavy atom. The Kier molecular flexibility index (Phi) is 4.50. The number of hydrogen-bond acceptors (Lipinski definition) is 4. The van der Waals surface area contributed by atoms with Crippen molar-refractivity contribution in [1.82, 2.24) is 10.2 Å². The Balaban J connectivity index is 2.29. The summed E-state index contributed by atoms with van der Waals surface area (Å²) in [6.07, 6.45) is 2.55. The summed E-state index contributed by atoms with van der Waals surface area (Å²) < 4.78 is 0. The van der Waals surface area contributed by atoms with Crippen LogP contribution in [0.15, 0.2) is 30.5 Å². The Bertz CT molecular complexity index is 593. The molecule has 0 amide bonds. The smallest absolute Gasteiger partial charge is 0.303 e. The first-order chi connectivity index (χ1) is 9.59. The molecule has 5 heteroatoms. The lowest BCUT2D eigenvalue weighted by atomic mass is 10.1. The lowest BCUT2D eigenvalue weighted by molar-refractivity contribution is -0.137. The maximum Gasteiger partial charge on any atom is 0.303 e. The number of aromatic nitrogens is 2. The van der Waals surface area contributed by atoms with Crippen molar-refractivity contribution in [3.8, 4) is 0 Å². The molecule has 0 fully saturated rings. The summed E-state index contributed by atoms with van der Waals surface area (Å²) in [6.45, 7) is 4.88. The van der Waals surface area contributed by atoms with Crippen LogP contribution in [0.3, 0.4) is 0 Å². The molecule has 0 aliphatic rings. The average molecular weight is 273 g/mol. The van der Waals surface area contributed by atoms with Gasteiger partial charge >= 0.3 is 5.97 Å². The van der Waals surface area contributed by atoms with Gasteiger partial charge in [0.25, 0.3) is 0 Å². The van der Waals surface area contributed by atoms with Crippen LogP contribution in [0.1, 0.15) is 26.7 Å². The van der Waals surface area contributed by atoms with Crippen molar-refractivity contribution in [2.45, 2.75) is 32.7 Å². The van der Waals surface area contributed by atoms with E-state index in [0.717, 1.165) is 16.6 Å². The number of rotatable bonds is 6. The lowest BCUT2D eigenvalue weighted by Crippen LogP contribution is -2.32. The molecule has 20 heavy (non-hydrogen) atoms. The zero-order valence-corrected chi connectivity index (χ0v) is 11.8. The summed E-state index contributed by atoms with van der Waals surface area (Å²) in [5.74, 6) is -0.758. The molecule has 2 aromatic rings. The summed E-state index contributed by atoms with van der Waals surface area (Å²) >= 11 is 0. The molecule has 1 N–H and O–H groups in total. The van der Waals surface area contributed by atoms with Crippen molar-refractivity contribution in [3.63, 3.8) is 0 Å². The van der Waals surface area contributed by atoms with E-state index in [9.17, 15) is 4.79 Å². The van der Waals surface area contributed by atoms with Gasteiger partial charge in [0, 0.05) is 24.4 Å². The fraction of sp³-hybridized carbons (Fsp3) is 0.400. The second-order valence-corrected chi connectivity index (χ2v) is 5.03. The van der Waals surface area contributed by atoms with Crippen molar-refractivity contribution < 1.29 is 9.90 Å². The molecule has 0 radical (unpaired) electrons. The maximum atomic E-state index is 10.7. The molecule has 1 aromatic carbocycles. The highest BCUT2D eigenvalue weighted by Crippen LogP contribution is 2.26. The Hall–Kier alpha value is -2.17. The van der Waals surface area contributed by atoms with Gasteiger partial charge in [-0.15, -0.1) is 0 Å². The highest BCUT2D eigenvalue weighted by atomic mass is 16.4. The van der Waals surface area contributed by atoms with Crippen LogP contribution in [0, 0.1) is 0 Å². The molecule has 1 heterocycles. The highest BCUT2D eigenvalue weighted by molar-refractivity contribution is 5.90. The third-order valence-corrected chi connectivity index (χ3v) is 3.25. The van der Waals surface area contributed by atoms with Gasteiger partial charge < -0.3 is 10.0 Å². The van der Waals surface area contributed by atoms with E-state index < -0.39 is 5.97 Å². The molecule has 0 spiro atoms. The number of benzene rings is 1. The number of fused-ring (bicyclic) bond motifs is 1. The lowest BCUT2D eigenvalue weighted by Gasteiger charge is -2.29. The van der Waals surface area contributed by atoms with Crippen LogP contribution in [0.4, 0.5) is 5.69 Å². The number of carbonyl (C=O) groups is 1. The van der Waals surface area contributed by atoms with E-state index in [2.05, 4.69) is 28.9 Å². The standard InChI is InChI=1S/C15H19N3O2/c1-11(2)18(9-5-8-15(19)20)14-10-16-17-13-7-4-3-6-12(13)14/h3-4,6-7,10-11H,5,8-9H2,1-2H3,(H,19,20). The van der Waals surface area contributed by atoms with Gasteiger partial charge in [0.15, 0.2) is 0 Å². The molecule has 1 aromatic heterocycles. The summed E-state index contributed by atoms with van der Waals surface area (Å²) in [5.41, 5.74) is 1.87. The fourth-order valence-corrected chi connectivity index (χ4v) is 2.28. The van der Waals surface area contributed by atoms with Gasteiger partial charge in [-0.1, -0.05) is 18.2 Å². The molecule has 0 saturated carbocycles. The van der Waals surface area contributed by atoms with E-state index in [1.165, 1.54) is 0 Å². The second kappa shape index (κ2) is 6.32. The first kappa shape index (κ1) is 14.2. The maximum absolute atomic E-state index is 10.7. The molecule has 0 aliphatic carbocycles. The summed E-state index contributed by atoms with van der Waals surface area (Å²) in [7, 11) is 0. The molecule has 0 atom stereocenters. The van der Waals surface area contributed by atoms with Crippen molar-refractivity contribution >= 4 is 22.6 Å². The Morgan fingerprint density at radius 3 is 2.80 bits per heavy atom. The van der Waals surface area contributed by atoms with Gasteiger partial charge in [-0.3, -0.25) is 4.79 Å². The average Bonchev–Trinajstić information content (AvgIpc) is 2.42. The molecule has 106 valence electrons. The number of carboxylic acids is 1. The number of hydrogen-bond donors (Lipinski definition) is 1. The van der Waals surface area contributed by atoms with E-state index in [1.807, 2.05) is 24.3 Å². The van der Waals surface area contributed by atoms with E-state index in [4.69, 9.17) is 5.11 Å². The topological polar surface area (TPSA) is 66.3 Å². The Morgan fingerprint density at radius 2 is 2.10 bits per heavy atom. The molecule has 2 rings (SSSR count). The van der Waals surface area contributed by atoms with Crippen molar-refractivity contribution in [2.24, 2.45) is 0 Å². The van der Waals surface area contributed by atoms with Gasteiger partial charge in [-0.2, -0.15) is 10.2 Å². The van der Waals surface area contributed by atoms with Crippen molar-refractivity contribution in [1.29, 1.82) is 0 Å². The van der Waals surface area contributed by atoms with Crippen LogP contribution in [-0.4, -0.2) is 33.9 Å². The number of carboxylic acid groups (broad SMARTS) is 1. The fourth-order valence-electron chi connectivity index (χ4n) is 2.28. The normalized spacial score (nSPS) is 10.9. The predicted molar refractivity (Wildman–Crippen MR) is 78.9 cm³/mol. The largest absolute Gasteiger partial charge is 0.481 e. The first-order valence-electron chi connectivity index (χ1n) is 6.78. The van der Waals surface area contributed by atoms with Crippen LogP contribution in [0.2, 0.25) is 0 Å². The zero-order chi connectivity index (χ0) is 14.5. The third kappa shape index (κ3) is 3.23. The van der Waals surface area contributed by atoms with Crippen molar-refractivity contribution in [2.75, 3.05) is 11.4 Å². The van der Waals surface area contributed by atoms with Crippen LogP contribution in [0.5, 0.6) is 0 Å². The van der Waals surface area contributed by atoms with Gasteiger partial charge in [-0.05, 0) is 26.3 Å². The van der Waals surface area contributed by atoms with Crippen molar-refractivity contribution in [3.05, 3.63) is 30.5 Å². The summed E-state index contributed by atoms with van der Waals surface area (Å²) in [5, 5.41) is 18.0. The first-order valence-corrected chi connectivity index (χ1v) is 6.78. The molecule has 0 bridgehead atoms. The predicted octanol–water partition coefficient (Wildman–Crippen LogP) is 2.71. The molecule has 5 nitrogen and oxygen atoms in total. The number of anilines is 1. The second-order valence-electron chi connectivity index (χ2n) is 5.03. The molecule has 0 unspecified atom stereocenters. The van der Waals surface area contributed by atoms with E-state index >= 15 is 0 Å². The molecule has 0 saturated heterocycles. The monoisotopic (exact) mass is 273 g/mol. The minimum absolute atomic E-state index is 0.180.